The molecule has 2 aromatic heterocycles. The van der Waals surface area contributed by atoms with Crippen LogP contribution in [0.1, 0.15) is 57.8 Å². The van der Waals surface area contributed by atoms with Crippen molar-refractivity contribution in [1.82, 2.24) is 10.1 Å². The van der Waals surface area contributed by atoms with Crippen molar-refractivity contribution in [1.29, 1.82) is 0 Å². The first kappa shape index (κ1) is 16.4. The van der Waals surface area contributed by atoms with E-state index in [-0.39, 0.29) is 5.78 Å². The highest BCUT2D eigenvalue weighted by molar-refractivity contribution is 6.05. The second kappa shape index (κ2) is 6.37. The Bertz CT molecular complexity index is 990. The number of pyridine rings is 1. The average Bonchev–Trinajstić information content (AvgIpc) is 3.44. The lowest BCUT2D eigenvalue weighted by molar-refractivity contribution is 0.0320. The normalized spacial score (nSPS) is 15.0. The molecule has 3 aromatic rings. The summed E-state index contributed by atoms with van der Waals surface area (Å²) in [4.78, 5) is 29.7. The molecule has 0 aliphatic heterocycles. The fourth-order valence-electron chi connectivity index (χ4n) is 2.98. The van der Waals surface area contributed by atoms with E-state index in [1.54, 1.807) is 44.2 Å². The van der Waals surface area contributed by atoms with Crippen LogP contribution in [0.25, 0.3) is 11.1 Å². The smallest absolute Gasteiger partial charge is 0.339 e. The van der Waals surface area contributed by atoms with Gasteiger partial charge in [0.25, 0.3) is 5.71 Å². The van der Waals surface area contributed by atoms with Crippen molar-refractivity contribution < 1.29 is 18.8 Å². The lowest BCUT2D eigenvalue weighted by Crippen LogP contribution is -2.24. The minimum atomic E-state index is -0.891. The number of aryl methyl sites for hydroxylation is 1. The first-order valence-corrected chi connectivity index (χ1v) is 8.61. The van der Waals surface area contributed by atoms with Gasteiger partial charge in [-0.05, 0) is 32.8 Å². The first-order chi connectivity index (χ1) is 12.5. The van der Waals surface area contributed by atoms with Gasteiger partial charge in [0.1, 0.15) is 0 Å². The van der Waals surface area contributed by atoms with Gasteiger partial charge < -0.3 is 9.26 Å². The summed E-state index contributed by atoms with van der Waals surface area (Å²) in [5.41, 5.74) is 2.57. The van der Waals surface area contributed by atoms with Crippen molar-refractivity contribution in [2.75, 3.05) is 0 Å². The molecule has 2 heterocycles. The largest absolute Gasteiger partial charge is 0.451 e. The van der Waals surface area contributed by atoms with Gasteiger partial charge in [-0.15, -0.1) is 0 Å². The van der Waals surface area contributed by atoms with Crippen LogP contribution in [0.4, 0.5) is 0 Å². The van der Waals surface area contributed by atoms with Crippen LogP contribution in [0.3, 0.4) is 0 Å². The predicted octanol–water partition coefficient (Wildman–Crippen LogP) is 3.84. The van der Waals surface area contributed by atoms with E-state index < -0.39 is 12.1 Å². The zero-order valence-corrected chi connectivity index (χ0v) is 14.6. The molecule has 26 heavy (non-hydrogen) atoms. The van der Waals surface area contributed by atoms with E-state index >= 15 is 0 Å². The lowest BCUT2D eigenvalue weighted by Gasteiger charge is -2.13. The summed E-state index contributed by atoms with van der Waals surface area (Å²) >= 11 is 0. The van der Waals surface area contributed by atoms with Gasteiger partial charge in [0, 0.05) is 17.2 Å². The van der Waals surface area contributed by atoms with Crippen LogP contribution in [-0.2, 0) is 4.74 Å². The Morgan fingerprint density at radius 3 is 2.65 bits per heavy atom. The summed E-state index contributed by atoms with van der Waals surface area (Å²) in [6.07, 6.45) is 1.20. The van der Waals surface area contributed by atoms with E-state index in [0.29, 0.717) is 33.8 Å². The highest BCUT2D eigenvalue weighted by Gasteiger charge is 2.30. The molecular weight excluding hydrogens is 332 g/mol. The maximum absolute atomic E-state index is 12.8. The van der Waals surface area contributed by atoms with Crippen molar-refractivity contribution in [3.05, 3.63) is 58.9 Å². The molecule has 0 spiro atoms. The van der Waals surface area contributed by atoms with Crippen LogP contribution >= 0.6 is 0 Å². The number of ether oxygens (including phenoxy) is 1. The number of carbonyl (C=O) groups excluding carboxylic acids is 2. The van der Waals surface area contributed by atoms with Crippen LogP contribution in [0, 0.1) is 6.92 Å². The Morgan fingerprint density at radius 1 is 1.23 bits per heavy atom. The number of nitrogens with zero attached hydrogens (tertiary/aromatic N) is 2. The first-order valence-electron chi connectivity index (χ1n) is 8.61. The number of ketones is 1. The third kappa shape index (κ3) is 2.98. The zero-order chi connectivity index (χ0) is 18.3. The van der Waals surface area contributed by atoms with Crippen molar-refractivity contribution >= 4 is 22.9 Å². The number of hydrogen-bond acceptors (Lipinski definition) is 6. The summed E-state index contributed by atoms with van der Waals surface area (Å²) in [5.74, 6) is -0.462. The zero-order valence-electron chi connectivity index (χ0n) is 14.6. The summed E-state index contributed by atoms with van der Waals surface area (Å²) in [7, 11) is 0. The Hall–Kier alpha value is -3.02. The third-order valence-corrected chi connectivity index (χ3v) is 4.56. The molecule has 1 atom stereocenters. The molecule has 0 N–H and O–H groups in total. The maximum atomic E-state index is 12.8. The molecule has 1 fully saturated rings. The van der Waals surface area contributed by atoms with Gasteiger partial charge in [0.2, 0.25) is 5.78 Å². The molecule has 0 bridgehead atoms. The van der Waals surface area contributed by atoms with E-state index in [1.807, 2.05) is 6.07 Å². The second-order valence-electron chi connectivity index (χ2n) is 6.59. The van der Waals surface area contributed by atoms with Crippen molar-refractivity contribution in [3.63, 3.8) is 0 Å². The van der Waals surface area contributed by atoms with Gasteiger partial charge in [-0.1, -0.05) is 35.5 Å². The number of aromatic nitrogens is 2. The number of hydrogen-bond donors (Lipinski definition) is 0. The van der Waals surface area contributed by atoms with E-state index in [2.05, 4.69) is 10.1 Å². The van der Waals surface area contributed by atoms with E-state index in [4.69, 9.17) is 9.26 Å². The molecule has 0 unspecified atom stereocenters. The SMILES string of the molecule is Cc1noc2nc(C3CC3)cc(C(=O)O[C@@H](C)C(=O)c3ccccc3)c12. The van der Waals surface area contributed by atoms with Crippen LogP contribution in [0.5, 0.6) is 0 Å². The fourth-order valence-corrected chi connectivity index (χ4v) is 2.98. The topological polar surface area (TPSA) is 82.3 Å². The number of fused-ring (bicyclic) bond motifs is 1. The number of carbonyl (C=O) groups is 2. The average molecular weight is 350 g/mol. The molecule has 6 heteroatoms. The highest BCUT2D eigenvalue weighted by atomic mass is 16.5. The van der Waals surface area contributed by atoms with E-state index in [9.17, 15) is 9.59 Å². The molecule has 0 saturated heterocycles. The summed E-state index contributed by atoms with van der Waals surface area (Å²) in [6, 6.07) is 10.5. The fraction of sp³-hybridized carbons (Fsp3) is 0.300. The van der Waals surface area contributed by atoms with Crippen LogP contribution in [0.2, 0.25) is 0 Å². The molecule has 1 saturated carbocycles. The van der Waals surface area contributed by atoms with Gasteiger partial charge >= 0.3 is 5.97 Å². The molecule has 4 rings (SSSR count). The number of esters is 1. The lowest BCUT2D eigenvalue weighted by atomic mass is 10.1. The van der Waals surface area contributed by atoms with Gasteiger partial charge in [0.05, 0.1) is 16.6 Å². The molecule has 6 nitrogen and oxygen atoms in total. The Kier molecular flexibility index (Phi) is 4.03. The Labute approximate surface area is 150 Å². The van der Waals surface area contributed by atoms with Crippen molar-refractivity contribution in [2.45, 2.75) is 38.7 Å². The number of Topliss-reactive ketones (excluding diaryl/α,β-unsaturated/α-hetero) is 1. The maximum Gasteiger partial charge on any atom is 0.339 e. The summed E-state index contributed by atoms with van der Waals surface area (Å²) in [5, 5.41) is 4.45. The van der Waals surface area contributed by atoms with Crippen LogP contribution in [0.15, 0.2) is 40.9 Å². The van der Waals surface area contributed by atoms with E-state index in [1.165, 1.54) is 0 Å². The predicted molar refractivity (Wildman–Crippen MR) is 94.2 cm³/mol. The molecular formula is C20H18N2O4. The van der Waals surface area contributed by atoms with Gasteiger partial charge in [-0.2, -0.15) is 0 Å². The Morgan fingerprint density at radius 2 is 1.96 bits per heavy atom. The third-order valence-electron chi connectivity index (χ3n) is 4.56. The van der Waals surface area contributed by atoms with Gasteiger partial charge in [-0.25, -0.2) is 9.78 Å². The molecule has 0 amide bonds. The standard InChI is InChI=1S/C20H18N2O4/c1-11-17-15(10-16(13-8-9-13)21-19(17)26-22-11)20(24)25-12(2)18(23)14-6-4-3-5-7-14/h3-7,10,12-13H,8-9H2,1-2H3/t12-/m0/s1. The molecule has 0 radical (unpaired) electrons. The minimum Gasteiger partial charge on any atom is -0.451 e. The Balaban J connectivity index is 1.63. The number of benzene rings is 1. The quantitative estimate of drug-likeness (QED) is 0.514. The number of rotatable bonds is 5. The molecule has 1 aliphatic rings. The summed E-state index contributed by atoms with van der Waals surface area (Å²) < 4.78 is 10.7. The van der Waals surface area contributed by atoms with Crippen LogP contribution < -0.4 is 0 Å². The van der Waals surface area contributed by atoms with E-state index in [0.717, 1.165) is 18.5 Å². The van der Waals surface area contributed by atoms with Gasteiger partial charge in [-0.3, -0.25) is 4.79 Å². The highest BCUT2D eigenvalue weighted by Crippen LogP contribution is 2.40. The monoisotopic (exact) mass is 350 g/mol. The van der Waals surface area contributed by atoms with Crippen LogP contribution in [-0.4, -0.2) is 28.0 Å². The van der Waals surface area contributed by atoms with Crippen molar-refractivity contribution in [2.24, 2.45) is 0 Å². The molecule has 1 aromatic carbocycles. The minimum absolute atomic E-state index is 0.242. The molecule has 1 aliphatic carbocycles. The van der Waals surface area contributed by atoms with Gasteiger partial charge in [0.15, 0.2) is 6.10 Å². The molecule has 132 valence electrons. The summed E-state index contributed by atoms with van der Waals surface area (Å²) in [6.45, 7) is 3.33. The van der Waals surface area contributed by atoms with Crippen molar-refractivity contribution in [3.8, 4) is 0 Å². The second-order valence-corrected chi connectivity index (χ2v) is 6.59.